The van der Waals surface area contributed by atoms with Crippen LogP contribution in [-0.2, 0) is 24.0 Å². The van der Waals surface area contributed by atoms with Gasteiger partial charge in [0, 0.05) is 0 Å². The molecule has 2 aliphatic heterocycles. The molecule has 1 saturated heterocycles. The van der Waals surface area contributed by atoms with Gasteiger partial charge in [0.15, 0.2) is 13.9 Å². The Balaban J connectivity index is 2.12. The minimum absolute atomic E-state index is 0.0595. The summed E-state index contributed by atoms with van der Waals surface area (Å²) in [6, 6.07) is 5.73. The molecule has 1 aliphatic carbocycles. The minimum Gasteiger partial charge on any atom is -0.399 e. The zero-order chi connectivity index (χ0) is 22.7. The van der Waals surface area contributed by atoms with Gasteiger partial charge in [-0.15, -0.1) is 0 Å². The van der Waals surface area contributed by atoms with Crippen LogP contribution in [0.3, 0.4) is 0 Å². The summed E-state index contributed by atoms with van der Waals surface area (Å²) < 4.78 is 34.3. The molecule has 2 bridgehead atoms. The minimum atomic E-state index is -4.08. The lowest BCUT2D eigenvalue weighted by atomic mass is 9.72. The molecular formula is C22H31NO5SSi. The van der Waals surface area contributed by atoms with Crippen LogP contribution in [0, 0.1) is 12.8 Å². The Morgan fingerprint density at radius 3 is 2.27 bits per heavy atom. The highest BCUT2D eigenvalue weighted by atomic mass is 32.2. The second-order valence-corrected chi connectivity index (χ2v) is 16.4. The molecule has 164 valence electrons. The number of piperidine rings is 1. The molecule has 0 saturated carbocycles. The third kappa shape index (κ3) is 3.48. The van der Waals surface area contributed by atoms with Crippen LogP contribution in [0.2, 0.25) is 18.1 Å². The van der Waals surface area contributed by atoms with Gasteiger partial charge in [0.05, 0.1) is 16.9 Å². The number of sulfonamides is 1. The molecule has 2 heterocycles. The third-order valence-corrected chi connectivity index (χ3v) is 13.0. The average Bonchev–Trinajstić information content (AvgIpc) is 2.61. The second kappa shape index (κ2) is 7.14. The molecule has 0 spiro atoms. The van der Waals surface area contributed by atoms with Crippen molar-refractivity contribution in [3.8, 4) is 0 Å². The van der Waals surface area contributed by atoms with Gasteiger partial charge in [-0.3, -0.25) is 9.59 Å². The van der Waals surface area contributed by atoms with E-state index < -0.39 is 41.8 Å². The molecule has 8 heteroatoms. The van der Waals surface area contributed by atoms with E-state index in [0.717, 1.165) is 9.87 Å². The first-order valence-corrected chi connectivity index (χ1v) is 14.5. The van der Waals surface area contributed by atoms with Gasteiger partial charge >= 0.3 is 0 Å². The quantitative estimate of drug-likeness (QED) is 0.504. The maximum absolute atomic E-state index is 13.8. The molecule has 6 nitrogen and oxygen atoms in total. The lowest BCUT2D eigenvalue weighted by Gasteiger charge is -2.54. The summed E-state index contributed by atoms with van der Waals surface area (Å²) in [5.74, 6) is -1.52. The standard InChI is InChI=1S/C22H31NO5SSi/c1-15-8-10-18(11-9-15)29(26,27)23-17-12-13-22(20(23)25,19(14-17)16(2)24)28-30(6,7)21(3,4)5/h8-13,17,19H,14H2,1-7H3/t17-,19-,22-/m1/s1. The van der Waals surface area contributed by atoms with Crippen LogP contribution < -0.4 is 0 Å². The fraction of sp³-hybridized carbons (Fsp3) is 0.545. The number of carbonyl (C=O) groups excluding carboxylic acids is 2. The highest BCUT2D eigenvalue weighted by Crippen LogP contribution is 2.49. The number of aryl methyl sites for hydroxylation is 1. The monoisotopic (exact) mass is 449 g/mol. The first-order chi connectivity index (χ1) is 13.6. The maximum Gasteiger partial charge on any atom is 0.272 e. The molecule has 0 N–H and O–H groups in total. The van der Waals surface area contributed by atoms with Crippen LogP contribution >= 0.6 is 0 Å². The Morgan fingerprint density at radius 1 is 1.20 bits per heavy atom. The number of carbonyl (C=O) groups is 2. The molecule has 1 amide bonds. The van der Waals surface area contributed by atoms with Gasteiger partial charge in [-0.05, 0) is 56.6 Å². The van der Waals surface area contributed by atoms with E-state index in [9.17, 15) is 18.0 Å². The number of fused-ring (bicyclic) bond motifs is 2. The Kier molecular flexibility index (Phi) is 5.45. The number of rotatable bonds is 5. The highest BCUT2D eigenvalue weighted by molar-refractivity contribution is 7.89. The summed E-state index contributed by atoms with van der Waals surface area (Å²) in [6.07, 6.45) is 3.58. The van der Waals surface area contributed by atoms with E-state index in [1.807, 2.05) is 40.8 Å². The summed E-state index contributed by atoms with van der Waals surface area (Å²) in [6.45, 7) is 13.4. The summed E-state index contributed by atoms with van der Waals surface area (Å²) in [4.78, 5) is 26.3. The van der Waals surface area contributed by atoms with Crippen LogP contribution in [0.25, 0.3) is 0 Å². The van der Waals surface area contributed by atoms with Crippen LogP contribution in [-0.4, -0.2) is 44.4 Å². The van der Waals surface area contributed by atoms with Crippen molar-refractivity contribution in [3.63, 3.8) is 0 Å². The summed E-state index contributed by atoms with van der Waals surface area (Å²) in [7, 11) is -6.59. The van der Waals surface area contributed by atoms with Crippen LogP contribution in [0.4, 0.5) is 0 Å². The first kappa shape index (κ1) is 22.9. The van der Waals surface area contributed by atoms with Gasteiger partial charge in [0.1, 0.15) is 5.78 Å². The van der Waals surface area contributed by atoms with Crippen molar-refractivity contribution in [2.24, 2.45) is 5.92 Å². The van der Waals surface area contributed by atoms with Crippen LogP contribution in [0.15, 0.2) is 41.3 Å². The molecule has 3 aliphatic rings. The van der Waals surface area contributed by atoms with E-state index in [-0.39, 0.29) is 22.1 Å². The molecular weight excluding hydrogens is 418 g/mol. The lowest BCUT2D eigenvalue weighted by Crippen LogP contribution is -2.69. The van der Waals surface area contributed by atoms with E-state index in [1.54, 1.807) is 24.3 Å². The molecule has 1 aromatic carbocycles. The fourth-order valence-corrected chi connectivity index (χ4v) is 6.91. The van der Waals surface area contributed by atoms with E-state index in [4.69, 9.17) is 4.43 Å². The highest BCUT2D eigenvalue weighted by Gasteiger charge is 2.62. The normalized spacial score (nSPS) is 26.9. The van der Waals surface area contributed by atoms with Crippen molar-refractivity contribution < 1.29 is 22.4 Å². The molecule has 0 unspecified atom stereocenters. The number of Topliss-reactive ketones (excluding diaryl/α,β-unsaturated/α-hetero) is 1. The smallest absolute Gasteiger partial charge is 0.272 e. The Hall–Kier alpha value is -1.77. The number of hydrogen-bond acceptors (Lipinski definition) is 5. The number of benzene rings is 1. The largest absolute Gasteiger partial charge is 0.399 e. The third-order valence-electron chi connectivity index (χ3n) is 6.70. The van der Waals surface area contributed by atoms with Crippen molar-refractivity contribution >= 4 is 30.0 Å². The van der Waals surface area contributed by atoms with Gasteiger partial charge < -0.3 is 4.43 Å². The molecule has 30 heavy (non-hydrogen) atoms. The molecule has 1 aromatic rings. The van der Waals surface area contributed by atoms with Gasteiger partial charge in [0.25, 0.3) is 15.9 Å². The molecule has 0 radical (unpaired) electrons. The summed E-state index contributed by atoms with van der Waals surface area (Å²) in [5, 5.41) is -0.216. The van der Waals surface area contributed by atoms with E-state index in [1.165, 1.54) is 19.1 Å². The van der Waals surface area contributed by atoms with Crippen molar-refractivity contribution in [2.75, 3.05) is 0 Å². The topological polar surface area (TPSA) is 80.8 Å². The van der Waals surface area contributed by atoms with Crippen molar-refractivity contribution in [1.29, 1.82) is 0 Å². The molecule has 0 aromatic heterocycles. The van der Waals surface area contributed by atoms with Gasteiger partial charge in [0.2, 0.25) is 0 Å². The van der Waals surface area contributed by atoms with Crippen LogP contribution in [0.1, 0.15) is 39.7 Å². The Labute approximate surface area is 180 Å². The zero-order valence-electron chi connectivity index (χ0n) is 18.7. The molecule has 3 atom stereocenters. The number of ketones is 1. The van der Waals surface area contributed by atoms with E-state index in [0.29, 0.717) is 0 Å². The van der Waals surface area contributed by atoms with Crippen molar-refractivity contribution in [3.05, 3.63) is 42.0 Å². The van der Waals surface area contributed by atoms with Gasteiger partial charge in [-0.25, -0.2) is 12.7 Å². The summed E-state index contributed by atoms with van der Waals surface area (Å²) >= 11 is 0. The maximum atomic E-state index is 13.8. The van der Waals surface area contributed by atoms with Crippen molar-refractivity contribution in [1.82, 2.24) is 4.31 Å². The van der Waals surface area contributed by atoms with Crippen LogP contribution in [0.5, 0.6) is 0 Å². The Morgan fingerprint density at radius 2 is 1.77 bits per heavy atom. The zero-order valence-corrected chi connectivity index (χ0v) is 20.5. The Bertz CT molecular complexity index is 1010. The first-order valence-electron chi connectivity index (χ1n) is 10.2. The lowest BCUT2D eigenvalue weighted by molar-refractivity contribution is -0.158. The van der Waals surface area contributed by atoms with E-state index >= 15 is 0 Å². The van der Waals surface area contributed by atoms with Gasteiger partial charge in [-0.2, -0.15) is 0 Å². The molecule has 1 fully saturated rings. The predicted octanol–water partition coefficient (Wildman–Crippen LogP) is 3.82. The average molecular weight is 450 g/mol. The number of amides is 1. The number of hydrogen-bond donors (Lipinski definition) is 0. The summed E-state index contributed by atoms with van der Waals surface area (Å²) in [5.41, 5.74) is -0.656. The fourth-order valence-electron chi connectivity index (χ4n) is 3.89. The predicted molar refractivity (Wildman–Crippen MR) is 118 cm³/mol. The SMILES string of the molecule is CC(=O)[C@H]1C[C@H]2C=C[C@]1(O[Si](C)(C)C(C)(C)C)C(=O)N2S(=O)(=O)c1ccc(C)cc1. The number of nitrogens with zero attached hydrogens (tertiary/aromatic N) is 1. The molecule has 4 rings (SSSR count). The second-order valence-electron chi connectivity index (χ2n) is 9.90. The van der Waals surface area contributed by atoms with Gasteiger partial charge in [-0.1, -0.05) is 44.5 Å². The van der Waals surface area contributed by atoms with E-state index in [2.05, 4.69) is 0 Å². The van der Waals surface area contributed by atoms with Crippen molar-refractivity contribution in [2.45, 2.75) is 75.7 Å².